The van der Waals surface area contributed by atoms with E-state index in [-0.39, 0.29) is 6.61 Å². The maximum absolute atomic E-state index is 10.0. The van der Waals surface area contributed by atoms with Crippen LogP contribution in [0.25, 0.3) is 0 Å². The Morgan fingerprint density at radius 2 is 2.23 bits per heavy atom. The summed E-state index contributed by atoms with van der Waals surface area (Å²) in [5.41, 5.74) is 0.975. The number of hydrogen-bond acceptors (Lipinski definition) is 2. The van der Waals surface area contributed by atoms with Crippen molar-refractivity contribution in [2.45, 2.75) is 18.4 Å². The van der Waals surface area contributed by atoms with Crippen LogP contribution < -0.4 is 0 Å². The van der Waals surface area contributed by atoms with E-state index < -0.39 is 5.60 Å². The zero-order valence-electron chi connectivity index (χ0n) is 7.13. The lowest BCUT2D eigenvalue weighted by molar-refractivity contribution is -0.0171. The molecular weight excluding hydrogens is 232 g/mol. The van der Waals surface area contributed by atoms with E-state index in [1.54, 1.807) is 0 Å². The van der Waals surface area contributed by atoms with Crippen LogP contribution in [0.2, 0.25) is 0 Å². The number of rotatable bonds is 1. The Bertz CT molecular complexity index is 338. The van der Waals surface area contributed by atoms with Crippen LogP contribution in [-0.4, -0.2) is 16.8 Å². The molecule has 0 radical (unpaired) electrons. The van der Waals surface area contributed by atoms with Gasteiger partial charge < -0.3 is 10.2 Å². The van der Waals surface area contributed by atoms with Crippen LogP contribution in [0.5, 0.6) is 0 Å². The van der Waals surface area contributed by atoms with Gasteiger partial charge in [0, 0.05) is 4.47 Å². The summed E-state index contributed by atoms with van der Waals surface area (Å²) in [5.74, 6) is 0. The molecule has 0 spiro atoms. The van der Waals surface area contributed by atoms with Gasteiger partial charge in [0.25, 0.3) is 0 Å². The molecule has 0 bridgehead atoms. The monoisotopic (exact) mass is 242 g/mol. The molecule has 0 amide bonds. The van der Waals surface area contributed by atoms with E-state index in [4.69, 9.17) is 5.11 Å². The molecule has 0 saturated carbocycles. The molecule has 2 N–H and O–H groups in total. The van der Waals surface area contributed by atoms with Gasteiger partial charge in [0.05, 0.1) is 6.61 Å². The van der Waals surface area contributed by atoms with Gasteiger partial charge in [0.1, 0.15) is 5.60 Å². The fraction of sp³-hybridized carbons (Fsp3) is 0.400. The molecule has 1 atom stereocenters. The van der Waals surface area contributed by atoms with Crippen molar-refractivity contribution in [3.8, 4) is 0 Å². The van der Waals surface area contributed by atoms with E-state index in [1.807, 2.05) is 18.2 Å². The molecular formula is C10H11BrO2. The first-order chi connectivity index (χ1) is 6.17. The van der Waals surface area contributed by atoms with Gasteiger partial charge >= 0.3 is 0 Å². The molecule has 70 valence electrons. The number of halogens is 1. The zero-order valence-corrected chi connectivity index (χ0v) is 8.71. The predicted molar refractivity (Wildman–Crippen MR) is 53.4 cm³/mol. The number of hydrogen-bond donors (Lipinski definition) is 2. The molecule has 1 aromatic carbocycles. The Hall–Kier alpha value is -0.380. The molecule has 1 aliphatic carbocycles. The molecule has 0 aromatic heterocycles. The summed E-state index contributed by atoms with van der Waals surface area (Å²) >= 11 is 3.44. The average molecular weight is 243 g/mol. The first kappa shape index (κ1) is 9.19. The first-order valence-corrected chi connectivity index (χ1v) is 5.08. The van der Waals surface area contributed by atoms with Crippen molar-refractivity contribution >= 4 is 15.9 Å². The van der Waals surface area contributed by atoms with E-state index in [0.717, 1.165) is 22.0 Å². The SMILES string of the molecule is OCC1(O)CCc2c(Br)cccc21. The molecule has 0 saturated heterocycles. The summed E-state index contributed by atoms with van der Waals surface area (Å²) in [6.07, 6.45) is 1.44. The number of aliphatic hydroxyl groups is 2. The topological polar surface area (TPSA) is 40.5 Å². The van der Waals surface area contributed by atoms with Crippen LogP contribution in [0, 0.1) is 0 Å². The highest BCUT2D eigenvalue weighted by molar-refractivity contribution is 9.10. The lowest BCUT2D eigenvalue weighted by atomic mass is 9.97. The smallest absolute Gasteiger partial charge is 0.113 e. The van der Waals surface area contributed by atoms with Crippen LogP contribution >= 0.6 is 15.9 Å². The van der Waals surface area contributed by atoms with E-state index in [1.165, 1.54) is 0 Å². The van der Waals surface area contributed by atoms with Crippen LogP contribution in [-0.2, 0) is 12.0 Å². The van der Waals surface area contributed by atoms with Gasteiger partial charge in [0.2, 0.25) is 0 Å². The van der Waals surface area contributed by atoms with E-state index >= 15 is 0 Å². The maximum atomic E-state index is 10.0. The van der Waals surface area contributed by atoms with Crippen molar-refractivity contribution in [2.24, 2.45) is 0 Å². The van der Waals surface area contributed by atoms with Crippen molar-refractivity contribution in [3.05, 3.63) is 33.8 Å². The summed E-state index contributed by atoms with van der Waals surface area (Å²) < 4.78 is 1.02. The highest BCUT2D eigenvalue weighted by Crippen LogP contribution is 2.39. The number of aliphatic hydroxyl groups excluding tert-OH is 1. The lowest BCUT2D eigenvalue weighted by Crippen LogP contribution is -2.26. The van der Waals surface area contributed by atoms with Crippen LogP contribution in [0.3, 0.4) is 0 Å². The van der Waals surface area contributed by atoms with E-state index in [2.05, 4.69) is 15.9 Å². The maximum Gasteiger partial charge on any atom is 0.113 e. The van der Waals surface area contributed by atoms with Gasteiger partial charge in [-0.25, -0.2) is 0 Å². The third-order valence-electron chi connectivity index (χ3n) is 2.67. The summed E-state index contributed by atoms with van der Waals surface area (Å²) in [6, 6.07) is 5.72. The van der Waals surface area contributed by atoms with E-state index in [9.17, 15) is 5.11 Å². The second-order valence-electron chi connectivity index (χ2n) is 3.46. The highest BCUT2D eigenvalue weighted by atomic mass is 79.9. The van der Waals surface area contributed by atoms with E-state index in [0.29, 0.717) is 6.42 Å². The molecule has 2 nitrogen and oxygen atoms in total. The summed E-state index contributed by atoms with van der Waals surface area (Å²) in [6.45, 7) is -0.198. The second kappa shape index (κ2) is 3.08. The first-order valence-electron chi connectivity index (χ1n) is 4.28. The van der Waals surface area contributed by atoms with Gasteiger partial charge in [-0.2, -0.15) is 0 Å². The lowest BCUT2D eigenvalue weighted by Gasteiger charge is -2.20. The fourth-order valence-electron chi connectivity index (χ4n) is 1.88. The van der Waals surface area contributed by atoms with Crippen molar-refractivity contribution in [2.75, 3.05) is 6.61 Å². The van der Waals surface area contributed by atoms with Crippen molar-refractivity contribution in [1.82, 2.24) is 0 Å². The number of benzene rings is 1. The Labute approximate surface area is 85.3 Å². The predicted octanol–water partition coefficient (Wildman–Crippen LogP) is 1.58. The molecule has 0 aliphatic heterocycles. The standard InChI is InChI=1S/C10H11BrO2/c11-9-3-1-2-8-7(9)4-5-10(8,13)6-12/h1-3,12-13H,4-6H2. The van der Waals surface area contributed by atoms with Gasteiger partial charge in [-0.1, -0.05) is 28.1 Å². The molecule has 1 unspecified atom stereocenters. The Morgan fingerprint density at radius 3 is 2.92 bits per heavy atom. The Morgan fingerprint density at radius 1 is 1.46 bits per heavy atom. The van der Waals surface area contributed by atoms with Crippen LogP contribution in [0.15, 0.2) is 22.7 Å². The van der Waals surface area contributed by atoms with Gasteiger partial charge in [-0.3, -0.25) is 0 Å². The highest BCUT2D eigenvalue weighted by Gasteiger charge is 2.36. The minimum atomic E-state index is -1.01. The third-order valence-corrected chi connectivity index (χ3v) is 3.41. The third kappa shape index (κ3) is 1.31. The second-order valence-corrected chi connectivity index (χ2v) is 4.31. The minimum Gasteiger partial charge on any atom is -0.393 e. The molecule has 1 aliphatic rings. The fourth-order valence-corrected chi connectivity index (χ4v) is 2.44. The Balaban J connectivity index is 2.55. The van der Waals surface area contributed by atoms with Crippen molar-refractivity contribution in [1.29, 1.82) is 0 Å². The van der Waals surface area contributed by atoms with Crippen LogP contribution in [0.1, 0.15) is 17.5 Å². The largest absolute Gasteiger partial charge is 0.393 e. The van der Waals surface area contributed by atoms with Gasteiger partial charge in [0.15, 0.2) is 0 Å². The summed E-state index contributed by atoms with van der Waals surface area (Å²) in [7, 11) is 0. The molecule has 13 heavy (non-hydrogen) atoms. The average Bonchev–Trinajstić information content (AvgIpc) is 2.47. The molecule has 2 rings (SSSR count). The quantitative estimate of drug-likeness (QED) is 0.786. The van der Waals surface area contributed by atoms with Gasteiger partial charge in [-0.05, 0) is 30.0 Å². The minimum absolute atomic E-state index is 0.198. The number of fused-ring (bicyclic) bond motifs is 1. The normalized spacial score (nSPS) is 26.1. The Kier molecular flexibility index (Phi) is 2.18. The van der Waals surface area contributed by atoms with Crippen LogP contribution in [0.4, 0.5) is 0 Å². The van der Waals surface area contributed by atoms with Crippen molar-refractivity contribution in [3.63, 3.8) is 0 Å². The molecule has 3 heteroatoms. The molecule has 1 aromatic rings. The molecule has 0 fully saturated rings. The van der Waals surface area contributed by atoms with Crippen molar-refractivity contribution < 1.29 is 10.2 Å². The molecule has 0 heterocycles. The summed E-state index contributed by atoms with van der Waals surface area (Å²) in [4.78, 5) is 0. The van der Waals surface area contributed by atoms with Gasteiger partial charge in [-0.15, -0.1) is 0 Å². The zero-order chi connectivity index (χ0) is 9.47. The summed E-state index contributed by atoms with van der Waals surface area (Å²) in [5, 5.41) is 19.1.